The number of hydrogen-bond acceptors (Lipinski definition) is 2. The smallest absolute Gasteiger partial charge is 0.287 e. The van der Waals surface area contributed by atoms with E-state index < -0.39 is 0 Å². The molecule has 0 spiro atoms. The van der Waals surface area contributed by atoms with Crippen molar-refractivity contribution in [3.8, 4) is 0 Å². The minimum atomic E-state index is -0.0820. The summed E-state index contributed by atoms with van der Waals surface area (Å²) in [6.07, 6.45) is 5.40. The summed E-state index contributed by atoms with van der Waals surface area (Å²) in [5.41, 5.74) is 0.773. The fourth-order valence-electron chi connectivity index (χ4n) is 4.39. The predicted molar refractivity (Wildman–Crippen MR) is 82.1 cm³/mol. The SMILES string of the molecule is C[C@H](NC(=O)c1cc2ccccc2o1)[C@@H]1C[C@H]2CC[C@H]1C2. The summed E-state index contributed by atoms with van der Waals surface area (Å²) in [6.45, 7) is 2.14. The molecule has 1 N–H and O–H groups in total. The van der Waals surface area contributed by atoms with Gasteiger partial charge in [0.15, 0.2) is 5.76 Å². The lowest BCUT2D eigenvalue weighted by molar-refractivity contribution is 0.0889. The van der Waals surface area contributed by atoms with Crippen LogP contribution < -0.4 is 5.32 Å². The minimum Gasteiger partial charge on any atom is -0.451 e. The fraction of sp³-hybridized carbons (Fsp3) is 0.500. The molecule has 3 heteroatoms. The Bertz CT molecular complexity index is 642. The Labute approximate surface area is 124 Å². The van der Waals surface area contributed by atoms with E-state index >= 15 is 0 Å². The van der Waals surface area contributed by atoms with Gasteiger partial charge in [0, 0.05) is 11.4 Å². The van der Waals surface area contributed by atoms with Crippen molar-refractivity contribution in [1.82, 2.24) is 5.32 Å². The number of benzene rings is 1. The third-order valence-electron chi connectivity index (χ3n) is 5.44. The summed E-state index contributed by atoms with van der Waals surface area (Å²) in [6, 6.07) is 9.81. The number of nitrogens with one attached hydrogen (secondary N) is 1. The molecule has 0 aliphatic heterocycles. The molecule has 1 amide bonds. The second-order valence-electron chi connectivity index (χ2n) is 6.75. The zero-order valence-electron chi connectivity index (χ0n) is 12.3. The van der Waals surface area contributed by atoms with E-state index in [0.717, 1.165) is 22.8 Å². The van der Waals surface area contributed by atoms with E-state index in [0.29, 0.717) is 11.7 Å². The van der Waals surface area contributed by atoms with Gasteiger partial charge in [0.05, 0.1) is 0 Å². The highest BCUT2D eigenvalue weighted by molar-refractivity contribution is 5.96. The zero-order chi connectivity index (χ0) is 14.4. The highest BCUT2D eigenvalue weighted by atomic mass is 16.3. The number of hydrogen-bond donors (Lipinski definition) is 1. The summed E-state index contributed by atoms with van der Waals surface area (Å²) in [5, 5.41) is 4.13. The highest BCUT2D eigenvalue weighted by Crippen LogP contribution is 2.49. The van der Waals surface area contributed by atoms with Crippen molar-refractivity contribution < 1.29 is 9.21 Å². The first-order valence-corrected chi connectivity index (χ1v) is 8.00. The van der Waals surface area contributed by atoms with Crippen LogP contribution in [-0.2, 0) is 0 Å². The van der Waals surface area contributed by atoms with Gasteiger partial charge < -0.3 is 9.73 Å². The number of fused-ring (bicyclic) bond motifs is 3. The quantitative estimate of drug-likeness (QED) is 0.925. The predicted octanol–water partition coefficient (Wildman–Crippen LogP) is 3.99. The molecule has 21 heavy (non-hydrogen) atoms. The summed E-state index contributed by atoms with van der Waals surface area (Å²) in [5.74, 6) is 2.72. The topological polar surface area (TPSA) is 42.2 Å². The minimum absolute atomic E-state index is 0.0820. The first-order valence-electron chi connectivity index (χ1n) is 8.00. The van der Waals surface area contributed by atoms with E-state index in [9.17, 15) is 4.79 Å². The van der Waals surface area contributed by atoms with Crippen LogP contribution in [0.2, 0.25) is 0 Å². The standard InChI is InChI=1S/C18H21NO2/c1-11(15-9-12-6-7-13(15)8-12)19-18(20)17-10-14-4-2-3-5-16(14)21-17/h2-5,10-13,15H,6-9H2,1H3,(H,19,20)/t11-,12-,13-,15-/m0/s1. The maximum absolute atomic E-state index is 12.4. The Morgan fingerprint density at radius 3 is 2.86 bits per heavy atom. The van der Waals surface area contributed by atoms with Gasteiger partial charge >= 0.3 is 0 Å². The monoisotopic (exact) mass is 283 g/mol. The van der Waals surface area contributed by atoms with Crippen LogP contribution in [-0.4, -0.2) is 11.9 Å². The molecule has 2 aliphatic carbocycles. The van der Waals surface area contributed by atoms with E-state index in [1.165, 1.54) is 25.7 Å². The largest absolute Gasteiger partial charge is 0.451 e. The van der Waals surface area contributed by atoms with Crippen LogP contribution in [0.5, 0.6) is 0 Å². The van der Waals surface area contributed by atoms with Crippen molar-refractivity contribution in [2.24, 2.45) is 17.8 Å². The van der Waals surface area contributed by atoms with Crippen LogP contribution in [0, 0.1) is 17.8 Å². The molecular formula is C18H21NO2. The van der Waals surface area contributed by atoms with Crippen molar-refractivity contribution >= 4 is 16.9 Å². The fourth-order valence-corrected chi connectivity index (χ4v) is 4.39. The molecule has 2 aromatic rings. The maximum Gasteiger partial charge on any atom is 0.287 e. The van der Waals surface area contributed by atoms with E-state index in [-0.39, 0.29) is 11.9 Å². The average molecular weight is 283 g/mol. The molecule has 4 rings (SSSR count). The van der Waals surface area contributed by atoms with Crippen molar-refractivity contribution in [2.75, 3.05) is 0 Å². The molecule has 2 fully saturated rings. The van der Waals surface area contributed by atoms with Crippen molar-refractivity contribution in [1.29, 1.82) is 0 Å². The van der Waals surface area contributed by atoms with Gasteiger partial charge in [-0.25, -0.2) is 0 Å². The second-order valence-corrected chi connectivity index (χ2v) is 6.75. The van der Waals surface area contributed by atoms with Gasteiger partial charge in [-0.05, 0) is 56.1 Å². The van der Waals surface area contributed by atoms with Crippen LogP contribution >= 0.6 is 0 Å². The van der Waals surface area contributed by atoms with Crippen molar-refractivity contribution in [3.05, 3.63) is 36.1 Å². The number of rotatable bonds is 3. The van der Waals surface area contributed by atoms with Crippen LogP contribution in [0.4, 0.5) is 0 Å². The van der Waals surface area contributed by atoms with Gasteiger partial charge in [0.2, 0.25) is 0 Å². The number of carbonyl (C=O) groups excluding carboxylic acids is 1. The molecule has 2 aliphatic rings. The van der Waals surface area contributed by atoms with Crippen LogP contribution in [0.25, 0.3) is 11.0 Å². The first-order chi connectivity index (χ1) is 10.2. The molecule has 3 nitrogen and oxygen atoms in total. The third kappa shape index (κ3) is 2.25. The Hall–Kier alpha value is -1.77. The number of carbonyl (C=O) groups is 1. The number of amides is 1. The molecular weight excluding hydrogens is 262 g/mol. The van der Waals surface area contributed by atoms with Gasteiger partial charge in [0.25, 0.3) is 5.91 Å². The zero-order valence-corrected chi connectivity index (χ0v) is 12.3. The van der Waals surface area contributed by atoms with Gasteiger partial charge in [-0.1, -0.05) is 24.6 Å². The van der Waals surface area contributed by atoms with Crippen molar-refractivity contribution in [3.63, 3.8) is 0 Å². The Kier molecular flexibility index (Phi) is 3.02. The van der Waals surface area contributed by atoms with Crippen LogP contribution in [0.3, 0.4) is 0 Å². The summed E-state index contributed by atoms with van der Waals surface area (Å²) < 4.78 is 5.64. The normalized spacial score (nSPS) is 28.9. The Morgan fingerprint density at radius 1 is 1.29 bits per heavy atom. The van der Waals surface area contributed by atoms with Crippen molar-refractivity contribution in [2.45, 2.75) is 38.6 Å². The third-order valence-corrected chi connectivity index (χ3v) is 5.44. The van der Waals surface area contributed by atoms with E-state index in [4.69, 9.17) is 4.42 Å². The van der Waals surface area contributed by atoms with Gasteiger partial charge in [-0.3, -0.25) is 4.79 Å². The maximum atomic E-state index is 12.4. The molecule has 1 aromatic heterocycles. The van der Waals surface area contributed by atoms with E-state index in [2.05, 4.69) is 12.2 Å². The van der Waals surface area contributed by atoms with Gasteiger partial charge in [-0.2, -0.15) is 0 Å². The molecule has 2 bridgehead atoms. The summed E-state index contributed by atoms with van der Waals surface area (Å²) in [4.78, 5) is 12.4. The van der Waals surface area contributed by atoms with Gasteiger partial charge in [0.1, 0.15) is 5.58 Å². The molecule has 0 saturated heterocycles. The highest BCUT2D eigenvalue weighted by Gasteiger charge is 2.42. The average Bonchev–Trinajstić information content (AvgIpc) is 3.21. The Morgan fingerprint density at radius 2 is 2.14 bits per heavy atom. The number of para-hydroxylation sites is 1. The van der Waals surface area contributed by atoms with Crippen LogP contribution in [0.15, 0.2) is 34.7 Å². The Balaban J connectivity index is 1.47. The molecule has 0 radical (unpaired) electrons. The molecule has 4 atom stereocenters. The van der Waals surface area contributed by atoms with E-state index in [1.807, 2.05) is 30.3 Å². The first kappa shape index (κ1) is 12.9. The number of furan rings is 1. The van der Waals surface area contributed by atoms with Gasteiger partial charge in [-0.15, -0.1) is 0 Å². The lowest BCUT2D eigenvalue weighted by atomic mass is 9.84. The van der Waals surface area contributed by atoms with Crippen LogP contribution in [0.1, 0.15) is 43.2 Å². The molecule has 0 unspecified atom stereocenters. The summed E-state index contributed by atoms with van der Waals surface area (Å²) >= 11 is 0. The summed E-state index contributed by atoms with van der Waals surface area (Å²) in [7, 11) is 0. The molecule has 110 valence electrons. The second kappa shape index (κ2) is 4.90. The van der Waals surface area contributed by atoms with E-state index in [1.54, 1.807) is 0 Å². The lowest BCUT2D eigenvalue weighted by Crippen LogP contribution is -2.39. The lowest BCUT2D eigenvalue weighted by Gasteiger charge is -2.28. The molecule has 1 aromatic carbocycles. The molecule has 1 heterocycles. The molecule has 2 saturated carbocycles.